The van der Waals surface area contributed by atoms with E-state index >= 15 is 0 Å². The van der Waals surface area contributed by atoms with E-state index in [1.165, 1.54) is 6.08 Å². The Bertz CT molecular complexity index is 1630. The fraction of sp³-hybridized carbons (Fsp3) is 0. The number of hydrogen-bond acceptors (Lipinski definition) is 4. The monoisotopic (exact) mass is 501 g/mol. The van der Waals surface area contributed by atoms with Gasteiger partial charge in [-0.15, -0.1) is 0 Å². The number of hydrogen-bond donors (Lipinski definition) is 1. The molecule has 5 nitrogen and oxygen atoms in total. The fourth-order valence-electron chi connectivity index (χ4n) is 3.61. The molecule has 1 N–H and O–H groups in total. The summed E-state index contributed by atoms with van der Waals surface area (Å²) in [5, 5.41) is 4.64. The lowest BCUT2D eigenvalue weighted by molar-refractivity contribution is -0.111. The van der Waals surface area contributed by atoms with Crippen LogP contribution in [0.4, 0.5) is 5.69 Å². The largest absolute Gasteiger partial charge is 0.457 e. The molecule has 0 radical (unpaired) electrons. The van der Waals surface area contributed by atoms with Crippen molar-refractivity contribution in [3.05, 3.63) is 117 Å². The molecular weight excluding hydrogens is 485 g/mol. The van der Waals surface area contributed by atoms with Gasteiger partial charge in [-0.2, -0.15) is 0 Å². The Labute approximate surface area is 210 Å². The van der Waals surface area contributed by atoms with Gasteiger partial charge in [0, 0.05) is 27.7 Å². The molecule has 0 aliphatic heterocycles. The highest BCUT2D eigenvalue weighted by molar-refractivity contribution is 6.36. The van der Waals surface area contributed by atoms with Gasteiger partial charge in [-0.25, -0.2) is 4.79 Å². The van der Waals surface area contributed by atoms with Crippen LogP contribution in [-0.2, 0) is 4.79 Å². The summed E-state index contributed by atoms with van der Waals surface area (Å²) in [5.41, 5.74) is 2.57. The first kappa shape index (κ1) is 22.7. The normalized spacial score (nSPS) is 11.3. The van der Waals surface area contributed by atoms with Crippen molar-refractivity contribution in [2.45, 2.75) is 0 Å². The van der Waals surface area contributed by atoms with Crippen molar-refractivity contribution in [1.82, 2.24) is 0 Å². The minimum Gasteiger partial charge on any atom is -0.457 e. The van der Waals surface area contributed by atoms with Gasteiger partial charge in [0.2, 0.25) is 5.91 Å². The van der Waals surface area contributed by atoms with Crippen molar-refractivity contribution >= 4 is 51.8 Å². The van der Waals surface area contributed by atoms with Crippen molar-refractivity contribution in [3.63, 3.8) is 0 Å². The zero-order valence-electron chi connectivity index (χ0n) is 18.1. The molecule has 0 bridgehead atoms. The number of rotatable bonds is 5. The number of fused-ring (bicyclic) bond motifs is 1. The molecular formula is C28H17Cl2NO4. The first-order valence-corrected chi connectivity index (χ1v) is 11.4. The SMILES string of the molecule is O=C(/C=C/c1ccc(-c2ccc(Cl)cc2Cl)o1)Nc1ccc(-c2cc3ccccc3oc2=O)cc1. The minimum atomic E-state index is -0.416. The molecule has 0 unspecified atom stereocenters. The van der Waals surface area contributed by atoms with Crippen LogP contribution in [0.2, 0.25) is 10.0 Å². The Morgan fingerprint density at radius 3 is 2.43 bits per heavy atom. The molecule has 2 heterocycles. The van der Waals surface area contributed by atoms with Crippen LogP contribution in [0.1, 0.15) is 5.76 Å². The maximum Gasteiger partial charge on any atom is 0.344 e. The van der Waals surface area contributed by atoms with E-state index in [-0.39, 0.29) is 5.91 Å². The lowest BCUT2D eigenvalue weighted by atomic mass is 10.1. The summed E-state index contributed by atoms with van der Waals surface area (Å²) < 4.78 is 11.2. The van der Waals surface area contributed by atoms with Crippen LogP contribution in [0.3, 0.4) is 0 Å². The number of furan rings is 1. The molecule has 35 heavy (non-hydrogen) atoms. The zero-order valence-corrected chi connectivity index (χ0v) is 19.6. The molecule has 0 atom stereocenters. The summed E-state index contributed by atoms with van der Waals surface area (Å²) in [4.78, 5) is 24.7. The molecule has 2 aromatic heterocycles. The van der Waals surface area contributed by atoms with Crippen LogP contribution in [0.25, 0.3) is 39.5 Å². The van der Waals surface area contributed by atoms with E-state index < -0.39 is 5.63 Å². The first-order valence-electron chi connectivity index (χ1n) is 10.6. The van der Waals surface area contributed by atoms with Crippen molar-refractivity contribution in [2.75, 3.05) is 5.32 Å². The number of carbonyl (C=O) groups is 1. The quantitative estimate of drug-likeness (QED) is 0.198. The molecule has 3 aromatic carbocycles. The van der Waals surface area contributed by atoms with E-state index in [2.05, 4.69) is 5.32 Å². The van der Waals surface area contributed by atoms with Gasteiger partial charge in [-0.3, -0.25) is 4.79 Å². The van der Waals surface area contributed by atoms with Crippen LogP contribution in [0, 0.1) is 0 Å². The third-order valence-electron chi connectivity index (χ3n) is 5.33. The first-order chi connectivity index (χ1) is 17.0. The van der Waals surface area contributed by atoms with Gasteiger partial charge in [0.25, 0.3) is 0 Å². The average Bonchev–Trinajstić information content (AvgIpc) is 3.32. The van der Waals surface area contributed by atoms with Crippen LogP contribution in [0.5, 0.6) is 0 Å². The second-order valence-electron chi connectivity index (χ2n) is 7.71. The number of nitrogens with one attached hydrogen (secondary N) is 1. The van der Waals surface area contributed by atoms with Crippen LogP contribution < -0.4 is 10.9 Å². The lowest BCUT2D eigenvalue weighted by Crippen LogP contribution is -2.07. The standard InChI is InChI=1S/C28H17Cl2NO4/c29-19-7-12-22(24(30)16-19)26-13-10-21(34-26)11-14-27(32)31-20-8-5-17(6-9-20)23-15-18-3-1-2-4-25(18)35-28(23)33/h1-16H,(H,31,32)/b14-11+. The maximum absolute atomic E-state index is 12.4. The molecule has 5 aromatic rings. The topological polar surface area (TPSA) is 72.5 Å². The molecule has 0 spiro atoms. The molecule has 0 saturated carbocycles. The zero-order chi connectivity index (χ0) is 24.4. The van der Waals surface area contributed by atoms with E-state index in [0.29, 0.717) is 49.5 Å². The van der Waals surface area contributed by atoms with Gasteiger partial charge >= 0.3 is 5.63 Å². The molecule has 0 fully saturated rings. The Morgan fingerprint density at radius 1 is 0.829 bits per heavy atom. The van der Waals surface area contributed by atoms with Crippen LogP contribution in [-0.4, -0.2) is 5.91 Å². The molecule has 0 saturated heterocycles. The number of benzene rings is 3. The van der Waals surface area contributed by atoms with E-state index in [1.54, 1.807) is 72.8 Å². The predicted octanol–water partition coefficient (Wildman–Crippen LogP) is 7.68. The highest BCUT2D eigenvalue weighted by Gasteiger charge is 2.10. The van der Waals surface area contributed by atoms with Crippen molar-refractivity contribution in [1.29, 1.82) is 0 Å². The molecule has 0 aliphatic rings. The summed E-state index contributed by atoms with van der Waals surface area (Å²) in [6.45, 7) is 0. The molecule has 172 valence electrons. The van der Waals surface area contributed by atoms with E-state index in [0.717, 1.165) is 5.39 Å². The van der Waals surface area contributed by atoms with Gasteiger partial charge in [0.05, 0.1) is 10.6 Å². The number of carbonyl (C=O) groups excluding carboxylic acids is 1. The summed E-state index contributed by atoms with van der Waals surface area (Å²) >= 11 is 12.2. The number of halogens is 2. The van der Waals surface area contributed by atoms with E-state index in [1.807, 2.05) is 18.2 Å². The summed E-state index contributed by atoms with van der Waals surface area (Å²) in [6.07, 6.45) is 2.94. The third-order valence-corrected chi connectivity index (χ3v) is 5.88. The second kappa shape index (κ2) is 9.66. The number of amides is 1. The number of anilines is 1. The average molecular weight is 502 g/mol. The highest BCUT2D eigenvalue weighted by atomic mass is 35.5. The third kappa shape index (κ3) is 5.06. The van der Waals surface area contributed by atoms with Gasteiger partial charge in [0.15, 0.2) is 0 Å². The van der Waals surface area contributed by atoms with Crippen LogP contribution in [0.15, 0.2) is 105 Å². The Kier molecular flexibility index (Phi) is 6.27. The van der Waals surface area contributed by atoms with Gasteiger partial charge in [0.1, 0.15) is 17.1 Å². The van der Waals surface area contributed by atoms with Crippen molar-refractivity contribution in [2.24, 2.45) is 0 Å². The predicted molar refractivity (Wildman–Crippen MR) is 140 cm³/mol. The Morgan fingerprint density at radius 2 is 1.63 bits per heavy atom. The van der Waals surface area contributed by atoms with Crippen molar-refractivity contribution < 1.29 is 13.6 Å². The molecule has 5 rings (SSSR count). The molecule has 0 aliphatic carbocycles. The van der Waals surface area contributed by atoms with Gasteiger partial charge in [-0.1, -0.05) is 53.5 Å². The minimum absolute atomic E-state index is 0.328. The lowest BCUT2D eigenvalue weighted by Gasteiger charge is -2.05. The maximum atomic E-state index is 12.4. The van der Waals surface area contributed by atoms with Crippen molar-refractivity contribution in [3.8, 4) is 22.5 Å². The summed E-state index contributed by atoms with van der Waals surface area (Å²) in [6, 6.07) is 24.8. The van der Waals surface area contributed by atoms with Crippen LogP contribution >= 0.6 is 23.2 Å². The van der Waals surface area contributed by atoms with E-state index in [9.17, 15) is 9.59 Å². The molecule has 1 amide bonds. The second-order valence-corrected chi connectivity index (χ2v) is 8.56. The summed E-state index contributed by atoms with van der Waals surface area (Å²) in [7, 11) is 0. The summed E-state index contributed by atoms with van der Waals surface area (Å²) in [5.74, 6) is 0.741. The van der Waals surface area contributed by atoms with Gasteiger partial charge in [-0.05, 0) is 66.2 Å². The van der Waals surface area contributed by atoms with Gasteiger partial charge < -0.3 is 14.2 Å². The fourth-order valence-corrected chi connectivity index (χ4v) is 4.12. The Hall–Kier alpha value is -4.06. The number of para-hydroxylation sites is 1. The Balaban J connectivity index is 1.27. The molecule has 7 heteroatoms. The highest BCUT2D eigenvalue weighted by Crippen LogP contribution is 2.31. The van der Waals surface area contributed by atoms with E-state index in [4.69, 9.17) is 32.0 Å². The smallest absolute Gasteiger partial charge is 0.344 e.